The molecule has 0 saturated heterocycles. The third kappa shape index (κ3) is 4.88. The monoisotopic (exact) mass is 280 g/mol. The summed E-state index contributed by atoms with van der Waals surface area (Å²) >= 11 is 4.28. The topological polar surface area (TPSA) is 32.3 Å². The number of nitrogens with one attached hydrogen (secondary N) is 1. The summed E-state index contributed by atoms with van der Waals surface area (Å²) < 4.78 is 0. The maximum atomic E-state index is 12.2. The van der Waals surface area contributed by atoms with Crippen molar-refractivity contribution in [2.45, 2.75) is 38.6 Å². The summed E-state index contributed by atoms with van der Waals surface area (Å²) in [5.41, 5.74) is 1.68. The summed E-state index contributed by atoms with van der Waals surface area (Å²) in [6, 6.07) is 5.77. The highest BCUT2D eigenvalue weighted by atomic mass is 32.1. The Bertz CT molecular complexity index is 430. The Kier molecular flexibility index (Phi) is 6.38. The lowest BCUT2D eigenvalue weighted by atomic mass is 10.1. The van der Waals surface area contributed by atoms with Gasteiger partial charge in [-0.25, -0.2) is 0 Å². The van der Waals surface area contributed by atoms with E-state index >= 15 is 0 Å². The van der Waals surface area contributed by atoms with Gasteiger partial charge in [-0.15, -0.1) is 12.6 Å². The lowest BCUT2D eigenvalue weighted by molar-refractivity contribution is 0.0929. The number of hydrogen-bond acceptors (Lipinski definition) is 3. The summed E-state index contributed by atoms with van der Waals surface area (Å²) in [4.78, 5) is 15.3. The number of carbonyl (C=O) groups is 1. The first kappa shape index (κ1) is 16.1. The van der Waals surface area contributed by atoms with Crippen LogP contribution >= 0.6 is 12.6 Å². The highest BCUT2D eigenvalue weighted by Gasteiger charge is 2.14. The zero-order valence-electron chi connectivity index (χ0n) is 12.2. The van der Waals surface area contributed by atoms with Gasteiger partial charge >= 0.3 is 0 Å². The quantitative estimate of drug-likeness (QED) is 0.785. The molecule has 0 heterocycles. The van der Waals surface area contributed by atoms with Gasteiger partial charge in [0.1, 0.15) is 0 Å². The predicted molar refractivity (Wildman–Crippen MR) is 83.1 cm³/mol. The van der Waals surface area contributed by atoms with E-state index in [1.54, 1.807) is 0 Å². The van der Waals surface area contributed by atoms with Gasteiger partial charge in [-0.3, -0.25) is 4.79 Å². The Morgan fingerprint density at radius 3 is 2.58 bits per heavy atom. The largest absolute Gasteiger partial charge is 0.348 e. The fraction of sp³-hybridized carbons (Fsp3) is 0.533. The number of likely N-dealkylation sites (N-methyl/N-ethyl adjacent to an activating group) is 1. The van der Waals surface area contributed by atoms with Crippen LogP contribution < -0.4 is 5.32 Å². The van der Waals surface area contributed by atoms with Crippen LogP contribution in [0.25, 0.3) is 0 Å². The van der Waals surface area contributed by atoms with Gasteiger partial charge < -0.3 is 10.2 Å². The van der Waals surface area contributed by atoms with E-state index < -0.39 is 0 Å². The molecule has 1 aromatic rings. The van der Waals surface area contributed by atoms with Crippen LogP contribution in [0.4, 0.5) is 0 Å². The Balaban J connectivity index is 2.66. The van der Waals surface area contributed by atoms with Gasteiger partial charge in [0.25, 0.3) is 5.91 Å². The number of amides is 1. The fourth-order valence-corrected chi connectivity index (χ4v) is 2.27. The molecule has 0 saturated carbocycles. The number of aryl methyl sites for hydroxylation is 1. The zero-order valence-corrected chi connectivity index (χ0v) is 13.1. The number of thiol groups is 1. The van der Waals surface area contributed by atoms with E-state index in [0.717, 1.165) is 30.1 Å². The molecule has 106 valence electrons. The van der Waals surface area contributed by atoms with Gasteiger partial charge in [0.15, 0.2) is 0 Å². The van der Waals surface area contributed by atoms with Crippen molar-refractivity contribution in [1.82, 2.24) is 10.2 Å². The third-order valence-electron chi connectivity index (χ3n) is 3.27. The standard InChI is InChI=1S/C15H24N2OS/c1-5-17(6-2)10-12(4)16-15(18)14-9-13(19)8-7-11(14)3/h7-9,12,19H,5-6,10H2,1-4H3,(H,16,18). The molecule has 1 amide bonds. The molecule has 4 heteroatoms. The average Bonchev–Trinajstić information content (AvgIpc) is 2.38. The molecule has 1 N–H and O–H groups in total. The molecule has 3 nitrogen and oxygen atoms in total. The highest BCUT2D eigenvalue weighted by molar-refractivity contribution is 7.80. The van der Waals surface area contributed by atoms with Crippen LogP contribution in [0.5, 0.6) is 0 Å². The van der Waals surface area contributed by atoms with E-state index in [9.17, 15) is 4.79 Å². The molecule has 1 unspecified atom stereocenters. The van der Waals surface area contributed by atoms with Crippen LogP contribution in [-0.2, 0) is 0 Å². The van der Waals surface area contributed by atoms with Crippen LogP contribution in [0, 0.1) is 6.92 Å². The van der Waals surface area contributed by atoms with Crippen LogP contribution in [0.15, 0.2) is 23.1 Å². The second kappa shape index (κ2) is 7.56. The first-order chi connectivity index (χ1) is 8.97. The third-order valence-corrected chi connectivity index (χ3v) is 3.55. The molecule has 0 aliphatic heterocycles. The van der Waals surface area contributed by atoms with Gasteiger partial charge in [0.2, 0.25) is 0 Å². The van der Waals surface area contributed by atoms with E-state index in [4.69, 9.17) is 0 Å². The van der Waals surface area contributed by atoms with Crippen molar-refractivity contribution >= 4 is 18.5 Å². The zero-order chi connectivity index (χ0) is 14.4. The van der Waals surface area contributed by atoms with E-state index in [-0.39, 0.29) is 11.9 Å². The van der Waals surface area contributed by atoms with Crippen molar-refractivity contribution in [2.75, 3.05) is 19.6 Å². The second-order valence-corrected chi connectivity index (χ2v) is 5.38. The van der Waals surface area contributed by atoms with Crippen molar-refractivity contribution < 1.29 is 4.79 Å². The first-order valence-corrected chi connectivity index (χ1v) is 7.25. The summed E-state index contributed by atoms with van der Waals surface area (Å²) in [5.74, 6) is -0.0203. The van der Waals surface area contributed by atoms with Crippen molar-refractivity contribution in [3.63, 3.8) is 0 Å². The van der Waals surface area contributed by atoms with Gasteiger partial charge in [-0.05, 0) is 44.6 Å². The molecule has 0 bridgehead atoms. The molecule has 1 atom stereocenters. The minimum atomic E-state index is -0.0203. The molecule has 0 spiro atoms. The van der Waals surface area contributed by atoms with Gasteiger partial charge in [0.05, 0.1) is 0 Å². The molecule has 0 aromatic heterocycles. The molecule has 19 heavy (non-hydrogen) atoms. The van der Waals surface area contributed by atoms with Crippen LogP contribution in [-0.4, -0.2) is 36.5 Å². The minimum Gasteiger partial charge on any atom is -0.348 e. The van der Waals surface area contributed by atoms with Crippen molar-refractivity contribution in [3.05, 3.63) is 29.3 Å². The number of carbonyl (C=O) groups excluding carboxylic acids is 1. The SMILES string of the molecule is CCN(CC)CC(C)NC(=O)c1cc(S)ccc1C. The number of hydrogen-bond donors (Lipinski definition) is 2. The molecule has 1 aromatic carbocycles. The number of nitrogens with zero attached hydrogens (tertiary/aromatic N) is 1. The molecule has 0 aliphatic carbocycles. The Morgan fingerprint density at radius 2 is 2.00 bits per heavy atom. The molecular weight excluding hydrogens is 256 g/mol. The fourth-order valence-electron chi connectivity index (χ4n) is 2.07. The normalized spacial score (nSPS) is 12.5. The Morgan fingerprint density at radius 1 is 1.37 bits per heavy atom. The van der Waals surface area contributed by atoms with Crippen molar-refractivity contribution in [1.29, 1.82) is 0 Å². The maximum absolute atomic E-state index is 12.2. The highest BCUT2D eigenvalue weighted by Crippen LogP contribution is 2.14. The maximum Gasteiger partial charge on any atom is 0.251 e. The summed E-state index contributed by atoms with van der Waals surface area (Å²) in [6.45, 7) is 11.1. The Hall–Kier alpha value is -1.00. The van der Waals surface area contributed by atoms with Gasteiger partial charge in [-0.2, -0.15) is 0 Å². The smallest absolute Gasteiger partial charge is 0.251 e. The van der Waals surface area contributed by atoms with Crippen LogP contribution in [0.2, 0.25) is 0 Å². The average molecular weight is 280 g/mol. The van der Waals surface area contributed by atoms with Crippen LogP contribution in [0.1, 0.15) is 36.7 Å². The molecular formula is C15H24N2OS. The molecule has 0 fully saturated rings. The molecule has 0 aliphatic rings. The Labute approximate surface area is 121 Å². The van der Waals surface area contributed by atoms with Crippen molar-refractivity contribution in [3.8, 4) is 0 Å². The lowest BCUT2D eigenvalue weighted by Gasteiger charge is -2.23. The first-order valence-electron chi connectivity index (χ1n) is 6.80. The van der Waals surface area contributed by atoms with Gasteiger partial charge in [0, 0.05) is 23.0 Å². The molecule has 0 radical (unpaired) electrons. The van der Waals surface area contributed by atoms with Crippen molar-refractivity contribution in [2.24, 2.45) is 0 Å². The van der Waals surface area contributed by atoms with E-state index in [1.807, 2.05) is 32.0 Å². The number of rotatable bonds is 6. The van der Waals surface area contributed by atoms with E-state index in [2.05, 4.69) is 36.7 Å². The van der Waals surface area contributed by atoms with Gasteiger partial charge in [-0.1, -0.05) is 19.9 Å². The van der Waals surface area contributed by atoms with E-state index in [1.165, 1.54) is 0 Å². The second-order valence-electron chi connectivity index (χ2n) is 4.86. The lowest BCUT2D eigenvalue weighted by Crippen LogP contribution is -2.42. The van der Waals surface area contributed by atoms with E-state index in [0.29, 0.717) is 5.56 Å². The predicted octanol–water partition coefficient (Wildman–Crippen LogP) is 2.74. The summed E-state index contributed by atoms with van der Waals surface area (Å²) in [6.07, 6.45) is 0. The summed E-state index contributed by atoms with van der Waals surface area (Å²) in [7, 11) is 0. The minimum absolute atomic E-state index is 0.0203. The number of benzene rings is 1. The summed E-state index contributed by atoms with van der Waals surface area (Å²) in [5, 5.41) is 3.05. The molecule has 1 rings (SSSR count). The van der Waals surface area contributed by atoms with Crippen LogP contribution in [0.3, 0.4) is 0 Å².